The number of nitrogens with one attached hydrogen (secondary N) is 1. The van der Waals surface area contributed by atoms with E-state index in [1.807, 2.05) is 40.6 Å². The predicted octanol–water partition coefficient (Wildman–Crippen LogP) is 8.45. The quantitative estimate of drug-likeness (QED) is 0.223. The van der Waals surface area contributed by atoms with Crippen molar-refractivity contribution in [3.63, 3.8) is 0 Å². The van der Waals surface area contributed by atoms with Crippen molar-refractivity contribution < 1.29 is 21.7 Å². The Morgan fingerprint density at radius 2 is 1.11 bits per heavy atom. The molecule has 2 aliphatic carbocycles. The van der Waals surface area contributed by atoms with Crippen LogP contribution in [-0.4, -0.2) is 16.3 Å². The van der Waals surface area contributed by atoms with Crippen LogP contribution in [0.25, 0.3) is 16.9 Å². The van der Waals surface area contributed by atoms with Gasteiger partial charge in [-0.05, 0) is 11.1 Å². The average molecular weight is 530 g/mol. The zero-order valence-electron chi connectivity index (χ0n) is 22.9. The van der Waals surface area contributed by atoms with Gasteiger partial charge in [0.2, 0.25) is 0 Å². The molecular weight excluding hydrogens is 486 g/mol. The first kappa shape index (κ1) is 34.0. The fourth-order valence-corrected chi connectivity index (χ4v) is 4.10. The molecule has 0 amide bonds. The summed E-state index contributed by atoms with van der Waals surface area (Å²) in [6.45, 7) is 8.67. The minimum Gasteiger partial charge on any atom is -0.675 e. The topological polar surface area (TPSA) is 23.8 Å². The Morgan fingerprint density at radius 3 is 1.31 bits per heavy atom. The molecular formula is C33H43NSiTi. The first-order valence-corrected chi connectivity index (χ1v) is 13.1. The molecule has 0 aliphatic heterocycles. The summed E-state index contributed by atoms with van der Waals surface area (Å²) in [6, 6.07) is 31.4. The molecule has 1 nitrogen and oxygen atoms in total. The van der Waals surface area contributed by atoms with Crippen molar-refractivity contribution >= 4 is 15.4 Å². The summed E-state index contributed by atoms with van der Waals surface area (Å²) in [4.78, 5) is 0. The summed E-state index contributed by atoms with van der Waals surface area (Å²) in [5.74, 6) is 0.560. The minimum atomic E-state index is 0. The van der Waals surface area contributed by atoms with Crippen LogP contribution >= 0.6 is 0 Å². The largest absolute Gasteiger partial charge is 3.00 e. The van der Waals surface area contributed by atoms with Crippen LogP contribution in [0.15, 0.2) is 108 Å². The Bertz CT molecular complexity index is 970. The summed E-state index contributed by atoms with van der Waals surface area (Å²) in [7, 11) is 1.90. The van der Waals surface area contributed by atoms with Gasteiger partial charge in [0.1, 0.15) is 0 Å². The van der Waals surface area contributed by atoms with Crippen molar-refractivity contribution in [2.24, 2.45) is 5.92 Å². The first-order chi connectivity index (χ1) is 16.4. The third-order valence-electron chi connectivity index (χ3n) is 6.32. The van der Waals surface area contributed by atoms with Crippen molar-refractivity contribution in [3.8, 4) is 11.1 Å². The van der Waals surface area contributed by atoms with E-state index in [0.717, 1.165) is 12.8 Å². The van der Waals surface area contributed by atoms with Gasteiger partial charge in [-0.3, -0.25) is 6.08 Å². The number of hydrogen-bond donors (Lipinski definition) is 0. The molecule has 36 heavy (non-hydrogen) atoms. The van der Waals surface area contributed by atoms with Crippen molar-refractivity contribution in [1.29, 1.82) is 0 Å². The maximum atomic E-state index is 7.13. The fourth-order valence-electron chi connectivity index (χ4n) is 3.83. The van der Waals surface area contributed by atoms with Crippen LogP contribution in [-0.2, 0) is 21.7 Å². The molecule has 1 unspecified atom stereocenters. The molecule has 0 aromatic heterocycles. The maximum Gasteiger partial charge on any atom is 3.00 e. The van der Waals surface area contributed by atoms with E-state index in [1.165, 1.54) is 45.9 Å². The van der Waals surface area contributed by atoms with Crippen LogP contribution in [0.1, 0.15) is 53.4 Å². The smallest absolute Gasteiger partial charge is 0.675 e. The zero-order valence-corrected chi connectivity index (χ0v) is 25.8. The number of benzene rings is 3. The summed E-state index contributed by atoms with van der Waals surface area (Å²) in [5.41, 5.74) is 13.9. The SMILES string of the molecule is CC1=[C-]C(C)C(C)=C1C.[CH3-].[NH-]C1CCCC1.[SiH2]c1ccccc1.[Ti+3].c1ccc(-c2ccccc2)cc1. The van der Waals surface area contributed by atoms with E-state index in [1.54, 1.807) is 0 Å². The van der Waals surface area contributed by atoms with Gasteiger partial charge in [0.15, 0.2) is 0 Å². The van der Waals surface area contributed by atoms with E-state index in [4.69, 9.17) is 5.73 Å². The van der Waals surface area contributed by atoms with Gasteiger partial charge in [-0.25, -0.2) is 5.57 Å². The molecule has 0 saturated heterocycles. The molecule has 3 aromatic rings. The molecule has 188 valence electrons. The van der Waals surface area contributed by atoms with Gasteiger partial charge in [-0.15, -0.1) is 13.0 Å². The summed E-state index contributed by atoms with van der Waals surface area (Å²) >= 11 is 0. The number of hydrogen-bond acceptors (Lipinski definition) is 0. The van der Waals surface area contributed by atoms with Gasteiger partial charge >= 0.3 is 21.7 Å². The van der Waals surface area contributed by atoms with E-state index in [9.17, 15) is 0 Å². The second kappa shape index (κ2) is 19.2. The van der Waals surface area contributed by atoms with Gasteiger partial charge in [0.25, 0.3) is 0 Å². The molecule has 1 N–H and O–H groups in total. The average Bonchev–Trinajstić information content (AvgIpc) is 3.44. The molecule has 0 heterocycles. The summed E-state index contributed by atoms with van der Waals surface area (Å²) < 4.78 is 0. The molecule has 0 spiro atoms. The zero-order chi connectivity index (χ0) is 24.8. The van der Waals surface area contributed by atoms with Gasteiger partial charge in [0.05, 0.1) is 0 Å². The third-order valence-corrected chi connectivity index (χ3v) is 6.79. The Morgan fingerprint density at radius 1 is 0.722 bits per heavy atom. The molecule has 3 aromatic carbocycles. The van der Waals surface area contributed by atoms with Crippen LogP contribution in [0, 0.1) is 19.4 Å². The molecule has 2 radical (unpaired) electrons. The van der Waals surface area contributed by atoms with Crippen LogP contribution in [0.4, 0.5) is 0 Å². The Hall–Kier alpha value is -1.97. The van der Waals surface area contributed by atoms with Gasteiger partial charge in [-0.2, -0.15) is 11.1 Å². The Labute approximate surface area is 239 Å². The normalized spacial score (nSPS) is 15.9. The Kier molecular flexibility index (Phi) is 18.1. The van der Waals surface area contributed by atoms with E-state index in [0.29, 0.717) is 12.0 Å². The van der Waals surface area contributed by atoms with E-state index in [2.05, 4.69) is 94.4 Å². The predicted molar refractivity (Wildman–Crippen MR) is 159 cm³/mol. The second-order valence-electron chi connectivity index (χ2n) is 9.00. The van der Waals surface area contributed by atoms with Crippen LogP contribution in [0.2, 0.25) is 0 Å². The second-order valence-corrected chi connectivity index (χ2v) is 9.81. The van der Waals surface area contributed by atoms with Crippen LogP contribution < -0.4 is 5.19 Å². The molecule has 2 aliphatic rings. The molecule has 1 saturated carbocycles. The summed E-state index contributed by atoms with van der Waals surface area (Å²) in [6.07, 6.45) is 8.26. The van der Waals surface area contributed by atoms with Crippen molar-refractivity contribution in [2.75, 3.05) is 0 Å². The van der Waals surface area contributed by atoms with Crippen LogP contribution in [0.5, 0.6) is 0 Å². The fraction of sp³-hybridized carbons (Fsp3) is 0.303. The van der Waals surface area contributed by atoms with Crippen molar-refractivity contribution in [2.45, 2.75) is 59.4 Å². The number of allylic oxidation sites excluding steroid dienone is 4. The molecule has 1 fully saturated rings. The van der Waals surface area contributed by atoms with Gasteiger partial charge < -0.3 is 13.2 Å². The molecule has 1 atom stereocenters. The Balaban J connectivity index is 0.000000461. The van der Waals surface area contributed by atoms with Gasteiger partial charge in [0, 0.05) is 10.2 Å². The van der Waals surface area contributed by atoms with E-state index in [-0.39, 0.29) is 29.1 Å². The monoisotopic (exact) mass is 529 g/mol. The van der Waals surface area contributed by atoms with Crippen molar-refractivity contribution in [1.82, 2.24) is 0 Å². The molecule has 0 bridgehead atoms. The first-order valence-electron chi connectivity index (χ1n) is 12.3. The standard InChI is InChI=1S/C12H10.C9H13.C6H7Si.C5H10N.CH3.Ti/c1-3-7-11(8-4-1)12-9-5-2-6-10-12;1-6-5-7(2)9(4)8(6)3;7-6-4-2-1-3-5-6;6-5-3-1-2-4-5;;/h1-10H;6H,1-4H3;1-5H,7H2;5-6H,1-4H2;1H3;/q;-1;;2*-1;+3. The number of rotatable bonds is 1. The van der Waals surface area contributed by atoms with Crippen LogP contribution in [0.3, 0.4) is 0 Å². The van der Waals surface area contributed by atoms with Gasteiger partial charge in [-0.1, -0.05) is 149 Å². The summed E-state index contributed by atoms with van der Waals surface area (Å²) in [5, 5.41) is 1.35. The molecule has 3 heteroatoms. The van der Waals surface area contributed by atoms with E-state index < -0.39 is 0 Å². The van der Waals surface area contributed by atoms with E-state index >= 15 is 0 Å². The molecule has 5 rings (SSSR count). The van der Waals surface area contributed by atoms with Crippen molar-refractivity contribution in [3.05, 3.63) is 127 Å². The minimum absolute atomic E-state index is 0. The maximum absolute atomic E-state index is 7.13. The third kappa shape index (κ3) is 12.8.